The summed E-state index contributed by atoms with van der Waals surface area (Å²) >= 11 is 12.2. The number of hydrogen-bond donors (Lipinski definition) is 1. The maximum absolute atomic E-state index is 6.36. The zero-order valence-electron chi connectivity index (χ0n) is 11.3. The molecule has 100 valence electrons. The maximum atomic E-state index is 6.36. The van der Waals surface area contributed by atoms with Gasteiger partial charge in [0, 0.05) is 10.0 Å². The predicted molar refractivity (Wildman–Crippen MR) is 83.1 cm³/mol. The molecule has 0 radical (unpaired) electrons. The molecule has 0 aliphatic rings. The number of aryl methyl sites for hydroxylation is 3. The maximum Gasteiger partial charge on any atom is 0.0569 e. The Hall–Kier alpha value is -1.02. The van der Waals surface area contributed by atoms with Crippen LogP contribution in [0.15, 0.2) is 30.3 Å². The van der Waals surface area contributed by atoms with Gasteiger partial charge in [0.2, 0.25) is 0 Å². The van der Waals surface area contributed by atoms with E-state index in [-0.39, 0.29) is 6.04 Å². The largest absolute Gasteiger partial charge is 0.320 e. The fourth-order valence-electron chi connectivity index (χ4n) is 2.24. The molecule has 1 atom stereocenters. The Balaban J connectivity index is 2.49. The molecule has 0 aliphatic heterocycles. The molecule has 19 heavy (non-hydrogen) atoms. The van der Waals surface area contributed by atoms with Gasteiger partial charge in [-0.05, 0) is 60.7 Å². The smallest absolute Gasteiger partial charge is 0.0569 e. The molecule has 0 amide bonds. The van der Waals surface area contributed by atoms with E-state index in [1.54, 1.807) is 6.07 Å². The van der Waals surface area contributed by atoms with Crippen LogP contribution in [0.2, 0.25) is 10.0 Å². The Kier molecular flexibility index (Phi) is 4.19. The van der Waals surface area contributed by atoms with E-state index in [0.29, 0.717) is 10.0 Å². The zero-order valence-corrected chi connectivity index (χ0v) is 12.8. The second-order valence-electron chi connectivity index (χ2n) is 4.94. The van der Waals surface area contributed by atoms with Crippen molar-refractivity contribution in [1.29, 1.82) is 0 Å². The zero-order chi connectivity index (χ0) is 14.2. The van der Waals surface area contributed by atoms with Crippen molar-refractivity contribution in [1.82, 2.24) is 0 Å². The quantitative estimate of drug-likeness (QED) is 0.831. The second kappa shape index (κ2) is 5.54. The van der Waals surface area contributed by atoms with E-state index < -0.39 is 0 Å². The van der Waals surface area contributed by atoms with Gasteiger partial charge in [0.1, 0.15) is 0 Å². The van der Waals surface area contributed by atoms with Crippen LogP contribution in [-0.4, -0.2) is 0 Å². The van der Waals surface area contributed by atoms with Gasteiger partial charge in [-0.15, -0.1) is 0 Å². The van der Waals surface area contributed by atoms with Gasteiger partial charge in [0.05, 0.1) is 6.04 Å². The number of benzene rings is 2. The molecule has 0 fully saturated rings. The summed E-state index contributed by atoms with van der Waals surface area (Å²) in [5.74, 6) is 0. The van der Waals surface area contributed by atoms with Crippen LogP contribution >= 0.6 is 23.2 Å². The van der Waals surface area contributed by atoms with E-state index in [0.717, 1.165) is 11.1 Å². The summed E-state index contributed by atoms with van der Waals surface area (Å²) in [6.07, 6.45) is 0. The van der Waals surface area contributed by atoms with Crippen LogP contribution in [0.4, 0.5) is 0 Å². The second-order valence-corrected chi connectivity index (χ2v) is 5.78. The van der Waals surface area contributed by atoms with E-state index in [1.807, 2.05) is 12.1 Å². The SMILES string of the molecule is Cc1cc(C)c(C(N)c2ccc(Cl)cc2Cl)cc1C. The van der Waals surface area contributed by atoms with Crippen LogP contribution in [0, 0.1) is 20.8 Å². The standard InChI is InChI=1S/C16H17Cl2N/c1-9-6-11(3)14(7-10(9)2)16(19)13-5-4-12(17)8-15(13)18/h4-8,16H,19H2,1-3H3. The highest BCUT2D eigenvalue weighted by Crippen LogP contribution is 2.31. The highest BCUT2D eigenvalue weighted by molar-refractivity contribution is 6.35. The molecule has 0 aromatic heterocycles. The number of rotatable bonds is 2. The summed E-state index contributed by atoms with van der Waals surface area (Å²) in [6, 6.07) is 9.51. The molecule has 1 unspecified atom stereocenters. The Bertz CT molecular complexity index is 620. The number of hydrogen-bond acceptors (Lipinski definition) is 1. The molecule has 2 rings (SSSR count). The molecular formula is C16H17Cl2N. The fourth-order valence-corrected chi connectivity index (χ4v) is 2.77. The van der Waals surface area contributed by atoms with Crippen molar-refractivity contribution in [2.45, 2.75) is 26.8 Å². The van der Waals surface area contributed by atoms with Gasteiger partial charge < -0.3 is 5.73 Å². The molecule has 2 aromatic rings. The molecule has 2 aromatic carbocycles. The molecule has 0 heterocycles. The number of halogens is 2. The molecule has 0 spiro atoms. The van der Waals surface area contributed by atoms with Gasteiger partial charge in [-0.2, -0.15) is 0 Å². The van der Waals surface area contributed by atoms with Crippen molar-refractivity contribution in [2.24, 2.45) is 5.73 Å². The first kappa shape index (κ1) is 14.4. The van der Waals surface area contributed by atoms with Crippen molar-refractivity contribution in [2.75, 3.05) is 0 Å². The lowest BCUT2D eigenvalue weighted by Gasteiger charge is -2.18. The summed E-state index contributed by atoms with van der Waals surface area (Å²) in [4.78, 5) is 0. The molecule has 0 aliphatic carbocycles. The van der Waals surface area contributed by atoms with Gasteiger partial charge in [0.25, 0.3) is 0 Å². The third-order valence-electron chi connectivity index (χ3n) is 3.51. The van der Waals surface area contributed by atoms with Crippen LogP contribution in [0.5, 0.6) is 0 Å². The minimum absolute atomic E-state index is 0.232. The van der Waals surface area contributed by atoms with E-state index in [4.69, 9.17) is 28.9 Å². The Labute approximate surface area is 124 Å². The van der Waals surface area contributed by atoms with Gasteiger partial charge in [0.15, 0.2) is 0 Å². The van der Waals surface area contributed by atoms with Crippen LogP contribution < -0.4 is 5.73 Å². The number of nitrogens with two attached hydrogens (primary N) is 1. The van der Waals surface area contributed by atoms with Crippen LogP contribution in [0.25, 0.3) is 0 Å². The highest BCUT2D eigenvalue weighted by atomic mass is 35.5. The monoisotopic (exact) mass is 293 g/mol. The Morgan fingerprint density at radius 3 is 2.11 bits per heavy atom. The predicted octanol–water partition coefficient (Wildman–Crippen LogP) is 4.97. The third-order valence-corrected chi connectivity index (χ3v) is 4.08. The van der Waals surface area contributed by atoms with Gasteiger partial charge in [-0.25, -0.2) is 0 Å². The normalized spacial score (nSPS) is 12.5. The summed E-state index contributed by atoms with van der Waals surface area (Å²) in [7, 11) is 0. The molecule has 0 bridgehead atoms. The Morgan fingerprint density at radius 2 is 1.47 bits per heavy atom. The van der Waals surface area contributed by atoms with Crippen LogP contribution in [0.1, 0.15) is 33.9 Å². The van der Waals surface area contributed by atoms with Gasteiger partial charge in [-0.1, -0.05) is 41.4 Å². The van der Waals surface area contributed by atoms with Crippen molar-refractivity contribution in [3.8, 4) is 0 Å². The summed E-state index contributed by atoms with van der Waals surface area (Å²) in [5, 5.41) is 1.23. The van der Waals surface area contributed by atoms with Crippen molar-refractivity contribution in [3.63, 3.8) is 0 Å². The molecule has 3 heteroatoms. The minimum atomic E-state index is -0.232. The van der Waals surface area contributed by atoms with Crippen molar-refractivity contribution in [3.05, 3.63) is 68.2 Å². The third kappa shape index (κ3) is 2.94. The average Bonchev–Trinajstić information content (AvgIpc) is 2.33. The minimum Gasteiger partial charge on any atom is -0.320 e. The lowest BCUT2D eigenvalue weighted by molar-refractivity contribution is 0.858. The first-order valence-corrected chi connectivity index (χ1v) is 6.94. The van der Waals surface area contributed by atoms with E-state index in [1.165, 1.54) is 16.7 Å². The molecule has 0 saturated carbocycles. The summed E-state index contributed by atoms with van der Waals surface area (Å²) in [6.45, 7) is 6.27. The van der Waals surface area contributed by atoms with Crippen LogP contribution in [0.3, 0.4) is 0 Å². The highest BCUT2D eigenvalue weighted by Gasteiger charge is 2.15. The molecule has 0 saturated heterocycles. The van der Waals surface area contributed by atoms with Gasteiger partial charge in [-0.3, -0.25) is 0 Å². The van der Waals surface area contributed by atoms with E-state index in [9.17, 15) is 0 Å². The Morgan fingerprint density at radius 1 is 0.842 bits per heavy atom. The average molecular weight is 294 g/mol. The van der Waals surface area contributed by atoms with E-state index >= 15 is 0 Å². The topological polar surface area (TPSA) is 26.0 Å². The first-order chi connectivity index (χ1) is 8.90. The first-order valence-electron chi connectivity index (χ1n) is 6.18. The van der Waals surface area contributed by atoms with Crippen LogP contribution in [-0.2, 0) is 0 Å². The van der Waals surface area contributed by atoms with Crippen molar-refractivity contribution >= 4 is 23.2 Å². The fraction of sp³-hybridized carbons (Fsp3) is 0.250. The summed E-state index contributed by atoms with van der Waals surface area (Å²) < 4.78 is 0. The summed E-state index contributed by atoms with van der Waals surface area (Å²) in [5.41, 5.74) is 12.1. The molecular weight excluding hydrogens is 277 g/mol. The lowest BCUT2D eigenvalue weighted by Crippen LogP contribution is -2.14. The van der Waals surface area contributed by atoms with Gasteiger partial charge >= 0.3 is 0 Å². The van der Waals surface area contributed by atoms with E-state index in [2.05, 4.69) is 32.9 Å². The molecule has 1 nitrogen and oxygen atoms in total. The van der Waals surface area contributed by atoms with Crippen molar-refractivity contribution < 1.29 is 0 Å². The lowest BCUT2D eigenvalue weighted by atomic mass is 9.92. The molecule has 2 N–H and O–H groups in total.